The molecule has 0 bridgehead atoms. The van der Waals surface area contributed by atoms with Gasteiger partial charge in [-0.25, -0.2) is 0 Å². The molecule has 5 rings (SSSR count). The van der Waals surface area contributed by atoms with Gasteiger partial charge in [-0.3, -0.25) is 0 Å². The number of hydrogen-bond acceptors (Lipinski definition) is 4. The number of rotatable bonds is 1. The summed E-state index contributed by atoms with van der Waals surface area (Å²) < 4.78 is 1.22. The van der Waals surface area contributed by atoms with Gasteiger partial charge in [0.2, 0.25) is 0 Å². The molecule has 2 heterocycles. The Morgan fingerprint density at radius 3 is 2.16 bits per heavy atom. The molecule has 0 radical (unpaired) electrons. The van der Waals surface area contributed by atoms with Crippen molar-refractivity contribution in [3.63, 3.8) is 0 Å². The Bertz CT molecular complexity index is 1280. The van der Waals surface area contributed by atoms with E-state index in [1.54, 1.807) is 11.3 Å². The van der Waals surface area contributed by atoms with E-state index in [4.69, 9.17) is 0 Å². The molecule has 116 valence electrons. The maximum Gasteiger partial charge on any atom is 0.170 e. The van der Waals surface area contributed by atoms with Gasteiger partial charge < -0.3 is 0 Å². The predicted octanol–water partition coefficient (Wildman–Crippen LogP) is 5.54. The van der Waals surface area contributed by atoms with Crippen LogP contribution in [0.3, 0.4) is 0 Å². The molecule has 0 aliphatic heterocycles. The van der Waals surface area contributed by atoms with Crippen molar-refractivity contribution in [3.05, 3.63) is 72.4 Å². The van der Waals surface area contributed by atoms with Gasteiger partial charge in [0.05, 0.1) is 4.88 Å². The minimum absolute atomic E-state index is 0.366. The van der Waals surface area contributed by atoms with Crippen LogP contribution in [0.4, 0.5) is 0 Å². The first kappa shape index (κ1) is 14.1. The lowest BCUT2D eigenvalue weighted by Crippen LogP contribution is -1.94. The van der Waals surface area contributed by atoms with Crippen LogP contribution >= 0.6 is 11.3 Å². The Morgan fingerprint density at radius 2 is 1.44 bits per heavy atom. The molecule has 0 fully saturated rings. The maximum absolute atomic E-state index is 9.43. The van der Waals surface area contributed by atoms with E-state index in [9.17, 15) is 5.26 Å². The second-order valence-electron chi connectivity index (χ2n) is 5.90. The zero-order chi connectivity index (χ0) is 16.8. The van der Waals surface area contributed by atoms with Gasteiger partial charge in [0, 0.05) is 15.5 Å². The highest BCUT2D eigenvalue weighted by molar-refractivity contribution is 7.22. The largest absolute Gasteiger partial charge is 0.191 e. The molecule has 0 spiro atoms. The zero-order valence-corrected chi connectivity index (χ0v) is 13.9. The van der Waals surface area contributed by atoms with Gasteiger partial charge in [-0.2, -0.15) is 5.26 Å². The highest BCUT2D eigenvalue weighted by atomic mass is 32.1. The van der Waals surface area contributed by atoms with Crippen LogP contribution < -0.4 is 0 Å². The van der Waals surface area contributed by atoms with E-state index in [-0.39, 0.29) is 0 Å². The summed E-state index contributed by atoms with van der Waals surface area (Å²) in [7, 11) is 0. The number of thiophene rings is 1. The molecule has 0 aliphatic rings. The Morgan fingerprint density at radius 1 is 0.760 bits per heavy atom. The minimum atomic E-state index is 0.366. The number of fused-ring (bicyclic) bond motifs is 3. The normalized spacial score (nSPS) is 11.2. The number of nitrogens with zero attached hydrogens (tertiary/aromatic N) is 3. The van der Waals surface area contributed by atoms with Gasteiger partial charge in [0.25, 0.3) is 0 Å². The predicted molar refractivity (Wildman–Crippen MR) is 103 cm³/mol. The van der Waals surface area contributed by atoms with Crippen LogP contribution in [0.15, 0.2) is 66.7 Å². The van der Waals surface area contributed by atoms with Crippen molar-refractivity contribution in [3.8, 4) is 16.6 Å². The van der Waals surface area contributed by atoms with Crippen molar-refractivity contribution < 1.29 is 0 Å². The Balaban J connectivity index is 1.89. The lowest BCUT2D eigenvalue weighted by Gasteiger charge is -2.06. The first-order valence-electron chi connectivity index (χ1n) is 7.92. The van der Waals surface area contributed by atoms with Crippen LogP contribution in [0.2, 0.25) is 0 Å². The second-order valence-corrected chi connectivity index (χ2v) is 6.99. The van der Waals surface area contributed by atoms with E-state index in [1.807, 2.05) is 30.3 Å². The monoisotopic (exact) mass is 337 g/mol. The quantitative estimate of drug-likeness (QED) is 0.378. The van der Waals surface area contributed by atoms with Gasteiger partial charge in [-0.1, -0.05) is 42.5 Å². The number of aromatic nitrogens is 2. The highest BCUT2D eigenvalue weighted by Gasteiger charge is 2.14. The molecule has 25 heavy (non-hydrogen) atoms. The van der Waals surface area contributed by atoms with Crippen molar-refractivity contribution in [1.82, 2.24) is 10.2 Å². The summed E-state index contributed by atoms with van der Waals surface area (Å²) in [5, 5.41) is 23.2. The summed E-state index contributed by atoms with van der Waals surface area (Å²) in [6.07, 6.45) is 0. The first-order valence-corrected chi connectivity index (χ1v) is 8.73. The third kappa shape index (κ3) is 2.18. The molecule has 0 N–H and O–H groups in total. The SMILES string of the molecule is N#Cc1nnc(-c2cc3ccccc3s2)c2cc3ccccc3cc12. The second kappa shape index (κ2) is 5.37. The molecule has 5 aromatic rings. The summed E-state index contributed by atoms with van der Waals surface area (Å²) in [4.78, 5) is 1.07. The standard InChI is InChI=1S/C21H11N3S/c22-12-18-16-9-13-5-1-2-6-14(13)10-17(16)21(24-23-18)20-11-15-7-3-4-8-19(15)25-20/h1-11H. The zero-order valence-electron chi connectivity index (χ0n) is 13.1. The average molecular weight is 337 g/mol. The van der Waals surface area contributed by atoms with Gasteiger partial charge in [-0.05, 0) is 40.4 Å². The van der Waals surface area contributed by atoms with Crippen LogP contribution in [0.1, 0.15) is 5.69 Å². The molecule has 3 aromatic carbocycles. The van der Waals surface area contributed by atoms with E-state index in [1.165, 1.54) is 10.1 Å². The van der Waals surface area contributed by atoms with Crippen molar-refractivity contribution in [2.45, 2.75) is 0 Å². The van der Waals surface area contributed by atoms with Crippen LogP contribution in [-0.2, 0) is 0 Å². The first-order chi connectivity index (χ1) is 12.3. The van der Waals surface area contributed by atoms with Crippen molar-refractivity contribution in [2.75, 3.05) is 0 Å². The fourth-order valence-corrected chi connectivity index (χ4v) is 4.26. The fourth-order valence-electron chi connectivity index (χ4n) is 3.20. The van der Waals surface area contributed by atoms with Crippen molar-refractivity contribution >= 4 is 43.0 Å². The maximum atomic E-state index is 9.43. The van der Waals surface area contributed by atoms with Crippen LogP contribution in [0.25, 0.3) is 42.2 Å². The van der Waals surface area contributed by atoms with Crippen molar-refractivity contribution in [2.24, 2.45) is 0 Å². The van der Waals surface area contributed by atoms with E-state index in [2.05, 4.69) is 52.7 Å². The molecule has 0 aliphatic carbocycles. The summed E-state index contributed by atoms with van der Waals surface area (Å²) in [5.41, 5.74) is 1.20. The summed E-state index contributed by atoms with van der Waals surface area (Å²) in [6.45, 7) is 0. The van der Waals surface area contributed by atoms with Gasteiger partial charge >= 0.3 is 0 Å². The lowest BCUT2D eigenvalue weighted by molar-refractivity contribution is 1.04. The van der Waals surface area contributed by atoms with E-state index >= 15 is 0 Å². The van der Waals surface area contributed by atoms with E-state index < -0.39 is 0 Å². The molecule has 0 saturated heterocycles. The molecule has 0 atom stereocenters. The molecule has 2 aromatic heterocycles. The van der Waals surface area contributed by atoms with Crippen molar-refractivity contribution in [1.29, 1.82) is 5.26 Å². The average Bonchev–Trinajstić information content (AvgIpc) is 3.09. The van der Waals surface area contributed by atoms with Gasteiger partial charge in [0.15, 0.2) is 5.69 Å². The Labute approximate surface area is 147 Å². The van der Waals surface area contributed by atoms with E-state index in [0.717, 1.165) is 32.1 Å². The highest BCUT2D eigenvalue weighted by Crippen LogP contribution is 2.37. The molecular weight excluding hydrogens is 326 g/mol. The number of nitriles is 1. The van der Waals surface area contributed by atoms with Crippen LogP contribution in [-0.4, -0.2) is 10.2 Å². The molecule has 0 unspecified atom stereocenters. The summed E-state index contributed by atoms with van der Waals surface area (Å²) in [5.74, 6) is 0. The number of benzene rings is 3. The molecule has 4 heteroatoms. The van der Waals surface area contributed by atoms with Gasteiger partial charge in [0.1, 0.15) is 11.8 Å². The van der Waals surface area contributed by atoms with E-state index in [0.29, 0.717) is 5.69 Å². The molecular formula is C21H11N3S. The fraction of sp³-hybridized carbons (Fsp3) is 0. The molecule has 0 amide bonds. The Kier molecular flexibility index (Phi) is 3.03. The van der Waals surface area contributed by atoms with Crippen LogP contribution in [0.5, 0.6) is 0 Å². The minimum Gasteiger partial charge on any atom is -0.191 e. The third-order valence-electron chi connectivity index (χ3n) is 4.41. The smallest absolute Gasteiger partial charge is 0.170 e. The topological polar surface area (TPSA) is 49.6 Å². The molecule has 3 nitrogen and oxygen atoms in total. The Hall–Kier alpha value is -3.29. The third-order valence-corrected chi connectivity index (χ3v) is 5.53. The van der Waals surface area contributed by atoms with Gasteiger partial charge in [-0.15, -0.1) is 21.5 Å². The number of hydrogen-bond donors (Lipinski definition) is 0. The van der Waals surface area contributed by atoms with Crippen LogP contribution in [0, 0.1) is 11.3 Å². The molecule has 0 saturated carbocycles. The summed E-state index contributed by atoms with van der Waals surface area (Å²) in [6, 6.07) is 24.9. The lowest BCUT2D eigenvalue weighted by atomic mass is 10.0. The summed E-state index contributed by atoms with van der Waals surface area (Å²) >= 11 is 1.70.